The Bertz CT molecular complexity index is 888. The summed E-state index contributed by atoms with van der Waals surface area (Å²) in [6.45, 7) is 0.971. The van der Waals surface area contributed by atoms with Gasteiger partial charge in [0.15, 0.2) is 0 Å². The summed E-state index contributed by atoms with van der Waals surface area (Å²) in [6, 6.07) is 5.75. The monoisotopic (exact) mass is 479 g/mol. The third-order valence-electron chi connectivity index (χ3n) is 8.09. The lowest BCUT2D eigenvalue weighted by atomic mass is 9.83. The second-order valence-corrected chi connectivity index (χ2v) is 10.2. The molecule has 3 aliphatic rings. The molecule has 2 aliphatic heterocycles. The number of para-hydroxylation sites is 1. The zero-order chi connectivity index (χ0) is 24.5. The molecular weight excluding hydrogens is 444 g/mol. The van der Waals surface area contributed by atoms with Crippen LogP contribution in [0.1, 0.15) is 73.2 Å². The number of phenols is 1. The minimum atomic E-state index is -2.60. The second-order valence-electron chi connectivity index (χ2n) is 10.2. The average Bonchev–Trinajstić information content (AvgIpc) is 3.03. The third kappa shape index (κ3) is 5.35. The first-order valence-electron chi connectivity index (χ1n) is 12.3. The van der Waals surface area contributed by atoms with E-state index in [1.165, 1.54) is 6.07 Å². The molecule has 2 bridgehead atoms. The second kappa shape index (κ2) is 10.2. The van der Waals surface area contributed by atoms with E-state index in [-0.39, 0.29) is 41.9 Å². The Hall–Kier alpha value is -2.26. The van der Waals surface area contributed by atoms with Gasteiger partial charge in [0, 0.05) is 44.6 Å². The first-order valence-corrected chi connectivity index (χ1v) is 12.3. The first kappa shape index (κ1) is 24.9. The van der Waals surface area contributed by atoms with Crippen LogP contribution in [0.25, 0.3) is 0 Å². The van der Waals surface area contributed by atoms with Crippen LogP contribution in [0.4, 0.5) is 8.78 Å². The molecule has 1 aromatic carbocycles. The number of halogens is 2. The zero-order valence-corrected chi connectivity index (χ0v) is 19.5. The van der Waals surface area contributed by atoms with Gasteiger partial charge in [-0.05, 0) is 62.0 Å². The van der Waals surface area contributed by atoms with Crippen LogP contribution >= 0.6 is 0 Å². The van der Waals surface area contributed by atoms with Gasteiger partial charge in [0.05, 0.1) is 5.56 Å². The highest BCUT2D eigenvalue weighted by atomic mass is 19.3. The molecule has 9 heteroatoms. The summed E-state index contributed by atoms with van der Waals surface area (Å²) in [5.41, 5.74) is 6.30. The number of amides is 2. The molecule has 7 nitrogen and oxygen atoms in total. The summed E-state index contributed by atoms with van der Waals surface area (Å²) in [4.78, 5) is 28.0. The number of nitrogens with zero attached hydrogens (tertiary/aromatic N) is 2. The van der Waals surface area contributed by atoms with E-state index in [4.69, 9.17) is 5.73 Å². The topological polar surface area (TPSA) is 107 Å². The number of benzene rings is 1. The number of alkyl halides is 2. The predicted octanol–water partition coefficient (Wildman–Crippen LogP) is 2.85. The van der Waals surface area contributed by atoms with Gasteiger partial charge in [0.2, 0.25) is 11.8 Å². The van der Waals surface area contributed by atoms with E-state index in [1.807, 2.05) is 6.07 Å². The fourth-order valence-corrected chi connectivity index (χ4v) is 6.23. The van der Waals surface area contributed by atoms with Gasteiger partial charge >= 0.3 is 0 Å². The highest BCUT2D eigenvalue weighted by molar-refractivity contribution is 5.96. The van der Waals surface area contributed by atoms with E-state index in [0.717, 1.165) is 31.2 Å². The van der Waals surface area contributed by atoms with E-state index in [0.29, 0.717) is 44.6 Å². The van der Waals surface area contributed by atoms with Gasteiger partial charge in [0.1, 0.15) is 12.4 Å². The molecule has 4 N–H and O–H groups in total. The number of hydrogen-bond acceptors (Lipinski definition) is 5. The molecule has 2 saturated heterocycles. The first-order chi connectivity index (χ1) is 16.2. The van der Waals surface area contributed by atoms with Crippen molar-refractivity contribution in [2.45, 2.75) is 75.3 Å². The third-order valence-corrected chi connectivity index (χ3v) is 8.09. The normalized spacial score (nSPS) is 27.0. The zero-order valence-electron chi connectivity index (χ0n) is 19.5. The summed E-state index contributed by atoms with van der Waals surface area (Å²) in [7, 11) is 0. The number of aliphatic hydroxyl groups is 1. The molecule has 0 radical (unpaired) electrons. The quantitative estimate of drug-likeness (QED) is 0.532. The van der Waals surface area contributed by atoms with Gasteiger partial charge < -0.3 is 20.8 Å². The summed E-state index contributed by atoms with van der Waals surface area (Å²) in [5, 5.41) is 20.0. The van der Waals surface area contributed by atoms with Crippen molar-refractivity contribution in [3.8, 4) is 5.75 Å². The highest BCUT2D eigenvalue weighted by Crippen LogP contribution is 2.45. The van der Waals surface area contributed by atoms with Gasteiger partial charge in [-0.2, -0.15) is 0 Å². The Morgan fingerprint density at radius 2 is 1.76 bits per heavy atom. The lowest BCUT2D eigenvalue weighted by Gasteiger charge is -2.40. The summed E-state index contributed by atoms with van der Waals surface area (Å²) < 4.78 is 27.0. The van der Waals surface area contributed by atoms with Gasteiger partial charge in [-0.15, -0.1) is 0 Å². The molecule has 4 rings (SSSR count). The number of carbonyl (C=O) groups is 2. The maximum Gasteiger partial charge on any atom is 0.252 e. The minimum absolute atomic E-state index is 0.0226. The number of rotatable bonds is 8. The number of carbonyl (C=O) groups excluding carboxylic acids is 2. The average molecular weight is 480 g/mol. The lowest BCUT2D eigenvalue weighted by Crippen LogP contribution is -2.48. The van der Waals surface area contributed by atoms with Crippen molar-refractivity contribution in [2.75, 3.05) is 26.2 Å². The van der Waals surface area contributed by atoms with Crippen LogP contribution in [-0.4, -0.2) is 76.1 Å². The van der Waals surface area contributed by atoms with E-state index in [1.54, 1.807) is 11.0 Å². The molecule has 0 aromatic heterocycles. The number of hydrogen-bond donors (Lipinski definition) is 3. The van der Waals surface area contributed by atoms with Crippen LogP contribution in [-0.2, 0) is 4.79 Å². The molecule has 2 unspecified atom stereocenters. The van der Waals surface area contributed by atoms with Crippen molar-refractivity contribution < 1.29 is 28.6 Å². The lowest BCUT2D eigenvalue weighted by molar-refractivity contribution is -0.135. The molecule has 1 aliphatic carbocycles. The Morgan fingerprint density at radius 3 is 2.35 bits per heavy atom. The fourth-order valence-electron chi connectivity index (χ4n) is 6.23. The van der Waals surface area contributed by atoms with Crippen LogP contribution in [0.15, 0.2) is 18.2 Å². The standard InChI is InChI=1S/C25H35F2N3O4/c26-25(27)8-6-16(7-9-25)14-29(22(32)15-31)10-11-30-18-4-5-19(30)13-17(12-18)20-2-1-3-21(23(20)33)24(28)34/h1-3,16-19,31,33H,4-15H2,(H2,28,34). The molecule has 1 aromatic rings. The smallest absolute Gasteiger partial charge is 0.252 e. The number of aromatic hydroxyl groups is 1. The molecule has 1 saturated carbocycles. The Morgan fingerprint density at radius 1 is 1.12 bits per heavy atom. The van der Waals surface area contributed by atoms with Crippen LogP contribution in [0.5, 0.6) is 5.75 Å². The SMILES string of the molecule is NC(=O)c1cccc(C2CC3CCC(C2)N3CCN(CC2CCC(F)(F)CC2)C(=O)CO)c1O. The van der Waals surface area contributed by atoms with Crippen LogP contribution < -0.4 is 5.73 Å². The fraction of sp³-hybridized carbons (Fsp3) is 0.680. The van der Waals surface area contributed by atoms with Crippen molar-refractivity contribution in [2.24, 2.45) is 11.7 Å². The van der Waals surface area contributed by atoms with Crippen LogP contribution in [0.3, 0.4) is 0 Å². The van der Waals surface area contributed by atoms with E-state index in [2.05, 4.69) is 4.90 Å². The van der Waals surface area contributed by atoms with E-state index < -0.39 is 18.4 Å². The molecule has 34 heavy (non-hydrogen) atoms. The molecule has 0 spiro atoms. The van der Waals surface area contributed by atoms with E-state index in [9.17, 15) is 28.6 Å². The number of piperidine rings is 1. The summed E-state index contributed by atoms with van der Waals surface area (Å²) in [6.07, 6.45) is 4.27. The van der Waals surface area contributed by atoms with Gasteiger partial charge in [0.25, 0.3) is 5.91 Å². The summed E-state index contributed by atoms with van der Waals surface area (Å²) >= 11 is 0. The van der Waals surface area contributed by atoms with E-state index >= 15 is 0 Å². The van der Waals surface area contributed by atoms with Crippen molar-refractivity contribution in [3.63, 3.8) is 0 Å². The van der Waals surface area contributed by atoms with Gasteiger partial charge in [-0.3, -0.25) is 14.5 Å². The van der Waals surface area contributed by atoms with Crippen molar-refractivity contribution in [3.05, 3.63) is 29.3 Å². The molecule has 2 atom stereocenters. The number of nitrogens with two attached hydrogens (primary N) is 1. The predicted molar refractivity (Wildman–Crippen MR) is 123 cm³/mol. The van der Waals surface area contributed by atoms with Gasteiger partial charge in [-0.1, -0.05) is 12.1 Å². The van der Waals surface area contributed by atoms with Crippen molar-refractivity contribution in [1.29, 1.82) is 0 Å². The Balaban J connectivity index is 1.37. The molecule has 3 fully saturated rings. The molecule has 188 valence electrons. The number of primary amides is 1. The Labute approximate surface area is 198 Å². The number of fused-ring (bicyclic) bond motifs is 2. The van der Waals surface area contributed by atoms with Crippen LogP contribution in [0, 0.1) is 5.92 Å². The highest BCUT2D eigenvalue weighted by Gasteiger charge is 2.42. The van der Waals surface area contributed by atoms with Crippen LogP contribution in [0.2, 0.25) is 0 Å². The summed E-state index contributed by atoms with van der Waals surface area (Å²) in [5.74, 6) is -3.45. The van der Waals surface area contributed by atoms with Crippen molar-refractivity contribution in [1.82, 2.24) is 9.80 Å². The van der Waals surface area contributed by atoms with Gasteiger partial charge in [-0.25, -0.2) is 8.78 Å². The maximum absolute atomic E-state index is 13.5. The number of aliphatic hydroxyl groups excluding tert-OH is 1. The minimum Gasteiger partial charge on any atom is -0.507 e. The molecule has 2 amide bonds. The molecular formula is C25H35F2N3O4. The Kier molecular flexibility index (Phi) is 7.42. The van der Waals surface area contributed by atoms with Crippen molar-refractivity contribution >= 4 is 11.8 Å². The largest absolute Gasteiger partial charge is 0.507 e. The molecule has 2 heterocycles. The maximum atomic E-state index is 13.5.